The van der Waals surface area contributed by atoms with Gasteiger partial charge in [-0.25, -0.2) is 0 Å². The molecule has 1 atom stereocenters. The molecule has 2 heterocycles. The van der Waals surface area contributed by atoms with E-state index in [1.165, 1.54) is 11.3 Å². The van der Waals surface area contributed by atoms with Gasteiger partial charge in [0, 0.05) is 25.1 Å². The Morgan fingerprint density at radius 3 is 2.85 bits per heavy atom. The van der Waals surface area contributed by atoms with Gasteiger partial charge in [0.1, 0.15) is 5.00 Å². The second-order valence-corrected chi connectivity index (χ2v) is 8.80. The first-order chi connectivity index (χ1) is 13.1. The molecule has 2 amide bonds. The third-order valence-corrected chi connectivity index (χ3v) is 6.56. The Kier molecular flexibility index (Phi) is 7.26. The zero-order chi connectivity index (χ0) is 19.2. The number of fused-ring (bicyclic) bond motifs is 1. The minimum atomic E-state index is -0.103. The lowest BCUT2D eigenvalue weighted by molar-refractivity contribution is -0.117. The van der Waals surface area contributed by atoms with Gasteiger partial charge in [-0.1, -0.05) is 6.92 Å². The second kappa shape index (κ2) is 9.66. The first-order valence-electron chi connectivity index (χ1n) is 10.0. The average molecular weight is 394 g/mol. The zero-order valence-corrected chi connectivity index (χ0v) is 17.3. The summed E-state index contributed by atoms with van der Waals surface area (Å²) in [6.45, 7) is 5.53. The Labute approximate surface area is 165 Å². The largest absolute Gasteiger partial charge is 0.383 e. The summed E-state index contributed by atoms with van der Waals surface area (Å²) in [5.74, 6) is 0.518. The van der Waals surface area contributed by atoms with E-state index in [2.05, 4.69) is 22.5 Å². The normalized spacial score (nSPS) is 20.1. The van der Waals surface area contributed by atoms with Gasteiger partial charge in [-0.2, -0.15) is 0 Å². The van der Waals surface area contributed by atoms with Gasteiger partial charge in [0.25, 0.3) is 5.91 Å². The van der Waals surface area contributed by atoms with Crippen LogP contribution in [0.4, 0.5) is 5.00 Å². The van der Waals surface area contributed by atoms with Crippen LogP contribution in [0, 0.1) is 5.92 Å². The molecule has 1 fully saturated rings. The summed E-state index contributed by atoms with van der Waals surface area (Å²) in [4.78, 5) is 28.9. The number of likely N-dealkylation sites (tertiary alicyclic amines) is 1. The fourth-order valence-corrected chi connectivity index (χ4v) is 5.35. The van der Waals surface area contributed by atoms with E-state index in [1.807, 2.05) is 0 Å². The molecule has 150 valence electrons. The standard InChI is InChI=1S/C20H31N3O3S/c1-14-6-5-10-23(12-14)13-17(24)22-20-18(19(25)21-9-11-26-2)15-7-3-4-8-16(15)27-20/h14H,3-13H2,1-2H3,(H,21,25)(H,22,24)/t14-/m0/s1. The van der Waals surface area contributed by atoms with Crippen LogP contribution >= 0.6 is 11.3 Å². The molecule has 0 spiro atoms. The van der Waals surface area contributed by atoms with Gasteiger partial charge in [-0.15, -0.1) is 11.3 Å². The number of anilines is 1. The molecule has 2 aliphatic rings. The first-order valence-corrected chi connectivity index (χ1v) is 10.8. The van der Waals surface area contributed by atoms with Crippen LogP contribution in [0.5, 0.6) is 0 Å². The monoisotopic (exact) mass is 393 g/mol. The number of thiophene rings is 1. The lowest BCUT2D eigenvalue weighted by atomic mass is 9.95. The number of carbonyl (C=O) groups is 2. The molecule has 0 saturated carbocycles. The van der Waals surface area contributed by atoms with Gasteiger partial charge < -0.3 is 15.4 Å². The molecule has 0 aromatic carbocycles. The van der Waals surface area contributed by atoms with Crippen molar-refractivity contribution in [1.82, 2.24) is 10.2 Å². The highest BCUT2D eigenvalue weighted by atomic mass is 32.1. The summed E-state index contributed by atoms with van der Waals surface area (Å²) in [5, 5.41) is 6.68. The Morgan fingerprint density at radius 1 is 1.26 bits per heavy atom. The number of piperidine rings is 1. The molecular weight excluding hydrogens is 362 g/mol. The van der Waals surface area contributed by atoms with Gasteiger partial charge in [0.15, 0.2) is 0 Å². The number of hydrogen-bond donors (Lipinski definition) is 2. The van der Waals surface area contributed by atoms with Gasteiger partial charge in [0.2, 0.25) is 5.91 Å². The molecule has 0 bridgehead atoms. The van der Waals surface area contributed by atoms with Crippen LogP contribution in [0.3, 0.4) is 0 Å². The van der Waals surface area contributed by atoms with E-state index in [9.17, 15) is 9.59 Å². The van der Waals surface area contributed by atoms with Crippen LogP contribution in [0.2, 0.25) is 0 Å². The maximum atomic E-state index is 12.8. The van der Waals surface area contributed by atoms with Crippen molar-refractivity contribution in [3.05, 3.63) is 16.0 Å². The molecule has 1 aliphatic heterocycles. The third-order valence-electron chi connectivity index (χ3n) is 5.35. The fourth-order valence-electron chi connectivity index (χ4n) is 4.05. The van der Waals surface area contributed by atoms with Crippen molar-refractivity contribution < 1.29 is 14.3 Å². The maximum Gasteiger partial charge on any atom is 0.254 e. The maximum absolute atomic E-state index is 12.8. The van der Waals surface area contributed by atoms with E-state index in [1.54, 1.807) is 18.4 Å². The molecule has 1 aliphatic carbocycles. The van der Waals surface area contributed by atoms with E-state index in [0.717, 1.165) is 50.8 Å². The fraction of sp³-hybridized carbons (Fsp3) is 0.700. The number of carbonyl (C=O) groups excluding carboxylic acids is 2. The predicted octanol–water partition coefficient (Wildman–Crippen LogP) is 2.67. The van der Waals surface area contributed by atoms with Crippen LogP contribution in [-0.4, -0.2) is 56.6 Å². The van der Waals surface area contributed by atoms with Crippen molar-refractivity contribution in [2.45, 2.75) is 45.4 Å². The summed E-state index contributed by atoms with van der Waals surface area (Å²) in [6, 6.07) is 0. The SMILES string of the molecule is COCCNC(=O)c1c(NC(=O)CN2CCC[C@H](C)C2)sc2c1CCCC2. The van der Waals surface area contributed by atoms with Crippen molar-refractivity contribution in [3.8, 4) is 0 Å². The lowest BCUT2D eigenvalue weighted by Crippen LogP contribution is -2.39. The Morgan fingerprint density at radius 2 is 2.07 bits per heavy atom. The van der Waals surface area contributed by atoms with E-state index in [4.69, 9.17) is 4.74 Å². The number of aryl methyl sites for hydroxylation is 1. The lowest BCUT2D eigenvalue weighted by Gasteiger charge is -2.30. The van der Waals surface area contributed by atoms with Crippen LogP contribution in [0.25, 0.3) is 0 Å². The summed E-state index contributed by atoms with van der Waals surface area (Å²) in [6.07, 6.45) is 6.55. The van der Waals surface area contributed by atoms with Crippen molar-refractivity contribution in [2.75, 3.05) is 45.2 Å². The molecule has 3 rings (SSSR count). The highest BCUT2D eigenvalue weighted by Gasteiger charge is 2.27. The van der Waals surface area contributed by atoms with Gasteiger partial charge >= 0.3 is 0 Å². The minimum absolute atomic E-state index is 0.0198. The van der Waals surface area contributed by atoms with E-state index in [0.29, 0.717) is 36.2 Å². The first kappa shape index (κ1) is 20.3. The van der Waals surface area contributed by atoms with E-state index < -0.39 is 0 Å². The molecule has 6 nitrogen and oxygen atoms in total. The molecule has 0 radical (unpaired) electrons. The van der Waals surface area contributed by atoms with Crippen molar-refractivity contribution in [1.29, 1.82) is 0 Å². The van der Waals surface area contributed by atoms with Crippen LogP contribution in [-0.2, 0) is 22.4 Å². The molecule has 27 heavy (non-hydrogen) atoms. The number of amides is 2. The topological polar surface area (TPSA) is 70.7 Å². The molecular formula is C20H31N3O3S. The third kappa shape index (κ3) is 5.30. The Balaban J connectivity index is 1.70. The van der Waals surface area contributed by atoms with Crippen LogP contribution in [0.15, 0.2) is 0 Å². The quantitative estimate of drug-likeness (QED) is 0.699. The molecule has 1 aromatic heterocycles. The molecule has 0 unspecified atom stereocenters. The zero-order valence-electron chi connectivity index (χ0n) is 16.4. The Hall–Kier alpha value is -1.44. The summed E-state index contributed by atoms with van der Waals surface area (Å²) < 4.78 is 5.02. The van der Waals surface area contributed by atoms with Crippen LogP contribution in [0.1, 0.15) is 53.4 Å². The number of nitrogens with one attached hydrogen (secondary N) is 2. The smallest absolute Gasteiger partial charge is 0.254 e. The van der Waals surface area contributed by atoms with Crippen molar-refractivity contribution >= 4 is 28.2 Å². The minimum Gasteiger partial charge on any atom is -0.383 e. The highest BCUT2D eigenvalue weighted by Crippen LogP contribution is 2.38. The molecule has 2 N–H and O–H groups in total. The molecule has 7 heteroatoms. The summed E-state index contributed by atoms with van der Waals surface area (Å²) in [7, 11) is 1.62. The predicted molar refractivity (Wildman–Crippen MR) is 109 cm³/mol. The van der Waals surface area contributed by atoms with Crippen molar-refractivity contribution in [3.63, 3.8) is 0 Å². The number of methoxy groups -OCH3 is 1. The molecule has 1 saturated heterocycles. The second-order valence-electron chi connectivity index (χ2n) is 7.69. The average Bonchev–Trinajstić information content (AvgIpc) is 2.99. The highest BCUT2D eigenvalue weighted by molar-refractivity contribution is 7.17. The summed E-state index contributed by atoms with van der Waals surface area (Å²) >= 11 is 1.58. The van der Waals surface area contributed by atoms with Gasteiger partial charge in [0.05, 0.1) is 18.7 Å². The number of rotatable bonds is 7. The van der Waals surface area contributed by atoms with E-state index in [-0.39, 0.29) is 11.8 Å². The van der Waals surface area contributed by atoms with Gasteiger partial charge in [-0.3, -0.25) is 14.5 Å². The number of ether oxygens (including phenoxy) is 1. The number of nitrogens with zero attached hydrogens (tertiary/aromatic N) is 1. The van der Waals surface area contributed by atoms with E-state index >= 15 is 0 Å². The number of hydrogen-bond acceptors (Lipinski definition) is 5. The van der Waals surface area contributed by atoms with Crippen molar-refractivity contribution in [2.24, 2.45) is 5.92 Å². The molecule has 1 aromatic rings. The van der Waals surface area contributed by atoms with Gasteiger partial charge in [-0.05, 0) is 56.6 Å². The van der Waals surface area contributed by atoms with Crippen LogP contribution < -0.4 is 10.6 Å². The Bertz CT molecular complexity index is 674. The summed E-state index contributed by atoms with van der Waals surface area (Å²) in [5.41, 5.74) is 1.80.